The second-order valence-corrected chi connectivity index (χ2v) is 3.99. The molecule has 2 N–H and O–H groups in total. The van der Waals surface area contributed by atoms with E-state index >= 15 is 0 Å². The Morgan fingerprint density at radius 1 is 1.65 bits per heavy atom. The van der Waals surface area contributed by atoms with Crippen LogP contribution in [0, 0.1) is 5.82 Å². The molecule has 0 saturated heterocycles. The van der Waals surface area contributed by atoms with E-state index in [1.54, 1.807) is 6.07 Å². The molecule has 0 bridgehead atoms. The molecular weight excluding hydrogens is 247 g/mol. The fraction of sp³-hybridized carbons (Fsp3) is 0.364. The van der Waals surface area contributed by atoms with Crippen molar-refractivity contribution < 1.29 is 14.3 Å². The molecule has 1 aromatic carbocycles. The van der Waals surface area contributed by atoms with Gasteiger partial charge in [-0.3, -0.25) is 0 Å². The largest absolute Gasteiger partial charge is 0.374 e. The predicted molar refractivity (Wildman–Crippen MR) is 63.1 cm³/mol. The summed E-state index contributed by atoms with van der Waals surface area (Å²) in [5, 5.41) is 11.7. The van der Waals surface area contributed by atoms with Crippen LogP contribution in [0.5, 0.6) is 0 Å². The van der Waals surface area contributed by atoms with Crippen LogP contribution in [0.3, 0.4) is 0 Å². The van der Waals surface area contributed by atoms with Crippen LogP contribution in [0.25, 0.3) is 0 Å². The van der Waals surface area contributed by atoms with Gasteiger partial charge in [-0.25, -0.2) is 9.18 Å². The fourth-order valence-electron chi connectivity index (χ4n) is 1.15. The molecule has 0 spiro atoms. The van der Waals surface area contributed by atoms with Gasteiger partial charge in [-0.1, -0.05) is 23.7 Å². The van der Waals surface area contributed by atoms with Crippen molar-refractivity contribution in [2.24, 2.45) is 0 Å². The molecule has 2 amide bonds. The van der Waals surface area contributed by atoms with Crippen molar-refractivity contribution in [3.63, 3.8) is 0 Å². The van der Waals surface area contributed by atoms with E-state index in [1.165, 1.54) is 26.1 Å². The van der Waals surface area contributed by atoms with Crippen molar-refractivity contribution in [1.29, 1.82) is 0 Å². The van der Waals surface area contributed by atoms with E-state index in [0.717, 1.165) is 4.90 Å². The van der Waals surface area contributed by atoms with Crippen molar-refractivity contribution in [2.45, 2.75) is 19.7 Å². The third-order valence-corrected chi connectivity index (χ3v) is 2.77. The SMILES string of the molecule is CC(O)N(C)C(=O)NCc1cccc(F)c1Cl. The zero-order valence-corrected chi connectivity index (χ0v) is 10.3. The summed E-state index contributed by atoms with van der Waals surface area (Å²) < 4.78 is 13.1. The van der Waals surface area contributed by atoms with Crippen LogP contribution < -0.4 is 5.32 Å². The first-order valence-corrected chi connectivity index (χ1v) is 5.43. The van der Waals surface area contributed by atoms with E-state index in [-0.39, 0.29) is 11.6 Å². The Bertz CT molecular complexity index is 412. The summed E-state index contributed by atoms with van der Waals surface area (Å²) in [7, 11) is 1.45. The van der Waals surface area contributed by atoms with E-state index in [2.05, 4.69) is 5.32 Å². The molecule has 0 fully saturated rings. The normalized spacial score (nSPS) is 12.1. The Balaban J connectivity index is 2.62. The first kappa shape index (κ1) is 13.7. The highest BCUT2D eigenvalue weighted by Crippen LogP contribution is 2.19. The first-order chi connectivity index (χ1) is 7.93. The quantitative estimate of drug-likeness (QED) is 0.817. The number of halogens is 2. The number of benzene rings is 1. The third-order valence-electron chi connectivity index (χ3n) is 2.34. The van der Waals surface area contributed by atoms with Crippen molar-refractivity contribution in [1.82, 2.24) is 10.2 Å². The summed E-state index contributed by atoms with van der Waals surface area (Å²) in [5.74, 6) is -0.526. The maximum Gasteiger partial charge on any atom is 0.319 e. The van der Waals surface area contributed by atoms with Crippen LogP contribution in [0.15, 0.2) is 18.2 Å². The molecule has 0 radical (unpaired) electrons. The molecule has 1 rings (SSSR count). The van der Waals surface area contributed by atoms with Gasteiger partial charge in [-0.15, -0.1) is 0 Å². The van der Waals surface area contributed by atoms with E-state index in [4.69, 9.17) is 16.7 Å². The molecule has 94 valence electrons. The van der Waals surface area contributed by atoms with Crippen molar-refractivity contribution in [2.75, 3.05) is 7.05 Å². The smallest absolute Gasteiger partial charge is 0.319 e. The molecule has 0 aliphatic heterocycles. The average molecular weight is 261 g/mol. The Labute approximate surface area is 104 Å². The summed E-state index contributed by atoms with van der Waals surface area (Å²) in [6.45, 7) is 1.57. The molecule has 1 atom stereocenters. The van der Waals surface area contributed by atoms with Gasteiger partial charge in [0, 0.05) is 13.6 Å². The summed E-state index contributed by atoms with van der Waals surface area (Å²) >= 11 is 5.73. The van der Waals surface area contributed by atoms with Gasteiger partial charge >= 0.3 is 6.03 Å². The van der Waals surface area contributed by atoms with Crippen LogP contribution >= 0.6 is 11.6 Å². The fourth-order valence-corrected chi connectivity index (χ4v) is 1.34. The number of amides is 2. The van der Waals surface area contributed by atoms with Gasteiger partial charge in [0.05, 0.1) is 5.02 Å². The lowest BCUT2D eigenvalue weighted by Crippen LogP contribution is -2.41. The van der Waals surface area contributed by atoms with Gasteiger partial charge in [-0.2, -0.15) is 0 Å². The molecule has 17 heavy (non-hydrogen) atoms. The lowest BCUT2D eigenvalue weighted by atomic mass is 10.2. The van der Waals surface area contributed by atoms with E-state index < -0.39 is 18.1 Å². The summed E-state index contributed by atoms with van der Waals surface area (Å²) in [6, 6.07) is 3.92. The van der Waals surface area contributed by atoms with Gasteiger partial charge in [-0.05, 0) is 18.6 Å². The highest BCUT2D eigenvalue weighted by atomic mass is 35.5. The lowest BCUT2D eigenvalue weighted by molar-refractivity contribution is 0.0618. The minimum atomic E-state index is -0.891. The molecule has 6 heteroatoms. The molecule has 1 unspecified atom stereocenters. The topological polar surface area (TPSA) is 52.6 Å². The standard InChI is InChI=1S/C11H14ClFN2O2/c1-7(16)15(2)11(17)14-6-8-4-3-5-9(13)10(8)12/h3-5,7,16H,6H2,1-2H3,(H,14,17). The highest BCUT2D eigenvalue weighted by Gasteiger charge is 2.13. The monoisotopic (exact) mass is 260 g/mol. The van der Waals surface area contributed by atoms with Crippen molar-refractivity contribution >= 4 is 17.6 Å². The number of rotatable bonds is 3. The molecule has 1 aromatic rings. The number of carbonyl (C=O) groups is 1. The molecule has 0 saturated carbocycles. The molecular formula is C11H14ClFN2O2. The number of nitrogens with zero attached hydrogens (tertiary/aromatic N) is 1. The number of urea groups is 1. The van der Waals surface area contributed by atoms with Gasteiger partial charge in [0.25, 0.3) is 0 Å². The summed E-state index contributed by atoms with van der Waals surface area (Å²) in [5.41, 5.74) is 0.485. The number of carbonyl (C=O) groups excluding carboxylic acids is 1. The molecule has 4 nitrogen and oxygen atoms in total. The first-order valence-electron chi connectivity index (χ1n) is 5.05. The number of aliphatic hydroxyl groups is 1. The predicted octanol–water partition coefficient (Wildman–Crippen LogP) is 1.96. The van der Waals surface area contributed by atoms with Gasteiger partial charge in [0.2, 0.25) is 0 Å². The molecule has 0 aromatic heterocycles. The zero-order chi connectivity index (χ0) is 13.0. The number of aliphatic hydroxyl groups excluding tert-OH is 1. The van der Waals surface area contributed by atoms with Gasteiger partial charge < -0.3 is 15.3 Å². The molecule has 0 aliphatic carbocycles. The minimum absolute atomic E-state index is 0.00694. The average Bonchev–Trinajstić information content (AvgIpc) is 2.29. The van der Waals surface area contributed by atoms with E-state index in [9.17, 15) is 9.18 Å². The summed E-state index contributed by atoms with van der Waals surface area (Å²) in [4.78, 5) is 12.6. The van der Waals surface area contributed by atoms with Gasteiger partial charge in [0.15, 0.2) is 0 Å². The summed E-state index contributed by atoms with van der Waals surface area (Å²) in [6.07, 6.45) is -0.891. The van der Waals surface area contributed by atoms with Gasteiger partial charge in [0.1, 0.15) is 12.0 Å². The van der Waals surface area contributed by atoms with Crippen LogP contribution in [0.4, 0.5) is 9.18 Å². The Hall–Kier alpha value is -1.33. The van der Waals surface area contributed by atoms with Crippen molar-refractivity contribution in [3.8, 4) is 0 Å². The van der Waals surface area contributed by atoms with Crippen LogP contribution in [-0.2, 0) is 6.54 Å². The maximum absolute atomic E-state index is 13.1. The number of hydrogen-bond donors (Lipinski definition) is 2. The highest BCUT2D eigenvalue weighted by molar-refractivity contribution is 6.31. The number of nitrogens with one attached hydrogen (secondary N) is 1. The van der Waals surface area contributed by atoms with Crippen molar-refractivity contribution in [3.05, 3.63) is 34.6 Å². The van der Waals surface area contributed by atoms with Crippen LogP contribution in [0.1, 0.15) is 12.5 Å². The Kier molecular flexibility index (Phi) is 4.72. The maximum atomic E-state index is 13.1. The van der Waals surface area contributed by atoms with Crippen LogP contribution in [-0.4, -0.2) is 29.3 Å². The number of hydrogen-bond acceptors (Lipinski definition) is 2. The minimum Gasteiger partial charge on any atom is -0.374 e. The third kappa shape index (κ3) is 3.57. The second kappa shape index (κ2) is 5.84. The van der Waals surface area contributed by atoms with E-state index in [1.807, 2.05) is 0 Å². The molecule has 0 heterocycles. The Morgan fingerprint density at radius 2 is 2.29 bits per heavy atom. The Morgan fingerprint density at radius 3 is 2.88 bits per heavy atom. The van der Waals surface area contributed by atoms with Crippen LogP contribution in [0.2, 0.25) is 5.02 Å². The zero-order valence-electron chi connectivity index (χ0n) is 9.58. The van der Waals surface area contributed by atoms with E-state index in [0.29, 0.717) is 5.56 Å². The lowest BCUT2D eigenvalue weighted by Gasteiger charge is -2.20. The molecule has 0 aliphatic rings. The second-order valence-electron chi connectivity index (χ2n) is 3.61.